The quantitative estimate of drug-likeness (QED) is 0.333. The molecular weight excluding hydrogens is 454 g/mol. The molecule has 4 atom stereocenters. The normalized spacial score (nSPS) is 25.1. The number of hydrogen-bond donors (Lipinski definition) is 0. The molecule has 2 aliphatic heterocycles. The minimum atomic E-state index is -1.04. The van der Waals surface area contributed by atoms with E-state index in [1.165, 1.54) is 21.9 Å². The zero-order valence-electron chi connectivity index (χ0n) is 19.6. The molecule has 2 saturated heterocycles. The van der Waals surface area contributed by atoms with Crippen LogP contribution in [0.25, 0.3) is 5.82 Å². The lowest BCUT2D eigenvalue weighted by Crippen LogP contribution is -2.47. The van der Waals surface area contributed by atoms with Crippen LogP contribution in [0.2, 0.25) is 0 Å². The highest BCUT2D eigenvalue weighted by Crippen LogP contribution is 2.46. The maximum atomic E-state index is 13.0. The third kappa shape index (κ3) is 4.38. The van der Waals surface area contributed by atoms with Gasteiger partial charge >= 0.3 is 11.7 Å². The summed E-state index contributed by atoms with van der Waals surface area (Å²) >= 11 is 0. The van der Waals surface area contributed by atoms with Crippen LogP contribution in [0.15, 0.2) is 54.0 Å². The first kappa shape index (κ1) is 23.3. The number of nitrogens with zero attached hydrogens (tertiary/aromatic N) is 5. The molecule has 1 aromatic carbocycles. The van der Waals surface area contributed by atoms with Gasteiger partial charge in [0, 0.05) is 18.4 Å². The topological polar surface area (TPSA) is 120 Å². The Morgan fingerprint density at radius 2 is 2.11 bits per heavy atom. The predicted molar refractivity (Wildman–Crippen MR) is 122 cm³/mol. The lowest BCUT2D eigenvalue weighted by atomic mass is 10.00. The minimum Gasteiger partial charge on any atom is -0.459 e. The molecule has 0 spiro atoms. The van der Waals surface area contributed by atoms with Gasteiger partial charge < -0.3 is 18.9 Å². The molecule has 2 unspecified atom stereocenters. The number of fused-ring (bicyclic) bond motifs is 2. The van der Waals surface area contributed by atoms with Crippen LogP contribution in [-0.2, 0) is 18.9 Å². The van der Waals surface area contributed by atoms with Gasteiger partial charge in [-0.15, -0.1) is 0 Å². The Hall–Kier alpha value is -3.41. The van der Waals surface area contributed by atoms with Gasteiger partial charge in [0.05, 0.1) is 12.2 Å². The first-order chi connectivity index (χ1) is 17.0. The second kappa shape index (κ2) is 9.68. The summed E-state index contributed by atoms with van der Waals surface area (Å²) in [5, 5.41) is 4.05. The van der Waals surface area contributed by atoms with E-state index < -0.39 is 35.7 Å². The molecule has 0 aliphatic carbocycles. The first-order valence-electron chi connectivity index (χ1n) is 11.6. The van der Waals surface area contributed by atoms with Crippen LogP contribution in [0.3, 0.4) is 0 Å². The molecule has 5 rings (SSSR count). The number of benzene rings is 1. The van der Waals surface area contributed by atoms with E-state index >= 15 is 0 Å². The molecule has 4 heterocycles. The summed E-state index contributed by atoms with van der Waals surface area (Å²) in [5.41, 5.74) is -0.414. The van der Waals surface area contributed by atoms with Crippen LogP contribution in [-0.4, -0.2) is 67.9 Å². The second-order valence-corrected chi connectivity index (χ2v) is 8.71. The van der Waals surface area contributed by atoms with Crippen molar-refractivity contribution in [1.82, 2.24) is 24.3 Å². The molecule has 0 saturated carbocycles. The van der Waals surface area contributed by atoms with E-state index in [9.17, 15) is 9.59 Å². The van der Waals surface area contributed by atoms with Crippen molar-refractivity contribution in [1.29, 1.82) is 0 Å². The SMILES string of the molecule is CCCCOC1C2OC[C@]1(COC(=O)c1ccccc1)O[C@H]2n1cc(C)c(-n2cncn2)nc1=O. The Balaban J connectivity index is 1.41. The predicted octanol–water partition coefficient (Wildman–Crippen LogP) is 1.84. The molecule has 2 aliphatic rings. The fourth-order valence-corrected chi connectivity index (χ4v) is 4.46. The van der Waals surface area contributed by atoms with E-state index in [2.05, 4.69) is 22.0 Å². The van der Waals surface area contributed by atoms with E-state index in [0.717, 1.165) is 12.8 Å². The summed E-state index contributed by atoms with van der Waals surface area (Å²) in [7, 11) is 0. The van der Waals surface area contributed by atoms with Gasteiger partial charge in [-0.1, -0.05) is 31.5 Å². The van der Waals surface area contributed by atoms with Gasteiger partial charge in [-0.2, -0.15) is 10.1 Å². The van der Waals surface area contributed by atoms with Crippen molar-refractivity contribution in [2.75, 3.05) is 19.8 Å². The van der Waals surface area contributed by atoms with E-state index in [1.54, 1.807) is 30.5 Å². The third-order valence-electron chi connectivity index (χ3n) is 6.24. The van der Waals surface area contributed by atoms with E-state index in [0.29, 0.717) is 23.6 Å². The van der Waals surface area contributed by atoms with Crippen molar-refractivity contribution in [2.45, 2.75) is 50.7 Å². The van der Waals surface area contributed by atoms with Crippen molar-refractivity contribution in [3.05, 3.63) is 70.8 Å². The van der Waals surface area contributed by atoms with Crippen LogP contribution in [0, 0.1) is 6.92 Å². The van der Waals surface area contributed by atoms with Gasteiger partial charge in [0.2, 0.25) is 0 Å². The maximum absolute atomic E-state index is 13.0. The average molecular weight is 482 g/mol. The molecule has 184 valence electrons. The van der Waals surface area contributed by atoms with Crippen molar-refractivity contribution < 1.29 is 23.7 Å². The number of aromatic nitrogens is 5. The van der Waals surface area contributed by atoms with Crippen LogP contribution in [0.4, 0.5) is 0 Å². The lowest BCUT2D eigenvalue weighted by molar-refractivity contribution is -0.189. The standard InChI is InChI=1S/C24H27N5O6/c1-3-4-10-32-19-18-21(28-11-16(2)20(27-23(28)31)29-15-25-14-26-29)35-24(19,12-33-18)13-34-22(30)17-8-6-5-7-9-17/h5-9,11,14-15,18-19,21H,3-4,10,12-13H2,1-2H3/t18?,19?,21-,24-/m1/s1. The number of esters is 1. The number of ether oxygens (including phenoxy) is 4. The summed E-state index contributed by atoms with van der Waals surface area (Å²) in [6.45, 7) is 4.52. The highest BCUT2D eigenvalue weighted by atomic mass is 16.7. The molecular formula is C24H27N5O6. The zero-order valence-corrected chi connectivity index (χ0v) is 19.6. The van der Waals surface area contributed by atoms with E-state index in [1.807, 2.05) is 13.0 Å². The van der Waals surface area contributed by atoms with E-state index in [-0.39, 0.29) is 13.2 Å². The van der Waals surface area contributed by atoms with Gasteiger partial charge in [0.25, 0.3) is 0 Å². The van der Waals surface area contributed by atoms with Gasteiger partial charge in [-0.25, -0.2) is 19.3 Å². The second-order valence-electron chi connectivity index (χ2n) is 8.71. The largest absolute Gasteiger partial charge is 0.459 e. The monoisotopic (exact) mass is 481 g/mol. The van der Waals surface area contributed by atoms with Crippen molar-refractivity contribution in [3.63, 3.8) is 0 Å². The molecule has 11 heteroatoms. The third-order valence-corrected chi connectivity index (χ3v) is 6.24. The fourth-order valence-electron chi connectivity index (χ4n) is 4.46. The van der Waals surface area contributed by atoms with Gasteiger partial charge in [-0.3, -0.25) is 4.57 Å². The molecule has 0 radical (unpaired) electrons. The van der Waals surface area contributed by atoms with Crippen LogP contribution >= 0.6 is 0 Å². The molecule has 0 N–H and O–H groups in total. The molecule has 2 bridgehead atoms. The number of aryl methyl sites for hydroxylation is 1. The van der Waals surface area contributed by atoms with Gasteiger partial charge in [0.1, 0.15) is 31.5 Å². The number of rotatable bonds is 9. The summed E-state index contributed by atoms with van der Waals surface area (Å²) in [5.74, 6) is -0.0790. The van der Waals surface area contributed by atoms with Crippen molar-refractivity contribution >= 4 is 5.97 Å². The van der Waals surface area contributed by atoms with E-state index in [4.69, 9.17) is 18.9 Å². The molecule has 2 fully saturated rings. The van der Waals surface area contributed by atoms with Crippen LogP contribution in [0.5, 0.6) is 0 Å². The Kier molecular flexibility index (Phi) is 6.46. The van der Waals surface area contributed by atoms with Crippen LogP contribution < -0.4 is 5.69 Å². The van der Waals surface area contributed by atoms with Gasteiger partial charge in [-0.05, 0) is 25.5 Å². The highest BCUT2D eigenvalue weighted by molar-refractivity contribution is 5.89. The average Bonchev–Trinajstić information content (AvgIpc) is 3.60. The number of carbonyl (C=O) groups excluding carboxylic acids is 1. The van der Waals surface area contributed by atoms with Crippen molar-refractivity contribution in [3.8, 4) is 5.82 Å². The number of hydrogen-bond acceptors (Lipinski definition) is 9. The molecule has 11 nitrogen and oxygen atoms in total. The molecule has 2 aromatic heterocycles. The Morgan fingerprint density at radius 3 is 2.86 bits per heavy atom. The Morgan fingerprint density at radius 1 is 1.29 bits per heavy atom. The zero-order chi connectivity index (χ0) is 24.4. The Bertz CT molecular complexity index is 1230. The fraction of sp³-hybridized carbons (Fsp3) is 0.458. The summed E-state index contributed by atoms with van der Waals surface area (Å²) in [4.78, 5) is 33.7. The minimum absolute atomic E-state index is 0.0667. The lowest BCUT2D eigenvalue weighted by Gasteiger charge is -2.31. The van der Waals surface area contributed by atoms with Crippen LogP contribution in [0.1, 0.15) is 41.9 Å². The molecule has 0 amide bonds. The first-order valence-corrected chi connectivity index (χ1v) is 11.6. The summed E-state index contributed by atoms with van der Waals surface area (Å²) in [6, 6.07) is 8.74. The number of carbonyl (C=O) groups is 1. The molecule has 35 heavy (non-hydrogen) atoms. The smallest absolute Gasteiger partial charge is 0.351 e. The Labute approximate surface area is 201 Å². The summed E-state index contributed by atoms with van der Waals surface area (Å²) < 4.78 is 27.1. The number of unbranched alkanes of at least 4 members (excludes halogenated alkanes) is 1. The van der Waals surface area contributed by atoms with Crippen molar-refractivity contribution in [2.24, 2.45) is 0 Å². The summed E-state index contributed by atoms with van der Waals surface area (Å²) in [6.07, 6.45) is 4.49. The van der Waals surface area contributed by atoms with Gasteiger partial charge in [0.15, 0.2) is 17.6 Å². The molecule has 3 aromatic rings. The maximum Gasteiger partial charge on any atom is 0.351 e. The highest BCUT2D eigenvalue weighted by Gasteiger charge is 2.64.